The van der Waals surface area contributed by atoms with Crippen LogP contribution < -0.4 is 5.32 Å². The Morgan fingerprint density at radius 1 is 1.03 bits per heavy atom. The second-order valence-electron chi connectivity index (χ2n) is 8.46. The van der Waals surface area contributed by atoms with Gasteiger partial charge >= 0.3 is 0 Å². The Balaban J connectivity index is 1.59. The van der Waals surface area contributed by atoms with Gasteiger partial charge in [0.15, 0.2) is 11.6 Å². The molecule has 1 aromatic carbocycles. The summed E-state index contributed by atoms with van der Waals surface area (Å²) >= 11 is 0. The van der Waals surface area contributed by atoms with Gasteiger partial charge in [0.2, 0.25) is 0 Å². The average Bonchev–Trinajstić information content (AvgIpc) is 3.50. The van der Waals surface area contributed by atoms with Crippen molar-refractivity contribution in [1.29, 1.82) is 0 Å². The molecule has 5 heteroatoms. The maximum absolute atomic E-state index is 5.02. The SMILES string of the molecule is CC(C)c1ccccc1-c1nc(NCc2ccccn2)c2c(ccn2CC2CC2)n1. The fraction of sp³-hybridized carbons (Fsp3) is 0.320. The quantitative estimate of drug-likeness (QED) is 0.438. The van der Waals surface area contributed by atoms with E-state index >= 15 is 0 Å². The highest BCUT2D eigenvalue weighted by atomic mass is 15.1. The first kappa shape index (κ1) is 18.8. The highest BCUT2D eigenvalue weighted by molar-refractivity contribution is 5.88. The van der Waals surface area contributed by atoms with E-state index < -0.39 is 0 Å². The minimum absolute atomic E-state index is 0.407. The van der Waals surface area contributed by atoms with E-state index in [0.29, 0.717) is 12.5 Å². The number of pyridine rings is 1. The molecule has 152 valence electrons. The van der Waals surface area contributed by atoms with E-state index in [2.05, 4.69) is 65.2 Å². The first-order valence-electron chi connectivity index (χ1n) is 10.8. The van der Waals surface area contributed by atoms with E-state index in [9.17, 15) is 0 Å². The molecule has 3 aromatic heterocycles. The second kappa shape index (κ2) is 7.90. The van der Waals surface area contributed by atoms with Gasteiger partial charge in [-0.2, -0.15) is 0 Å². The molecule has 0 saturated heterocycles. The molecule has 0 aliphatic heterocycles. The highest BCUT2D eigenvalue weighted by Crippen LogP contribution is 2.34. The van der Waals surface area contributed by atoms with Gasteiger partial charge < -0.3 is 9.88 Å². The molecule has 1 aliphatic carbocycles. The Kier molecular flexibility index (Phi) is 4.95. The molecule has 0 bridgehead atoms. The molecule has 1 saturated carbocycles. The Labute approximate surface area is 177 Å². The summed E-state index contributed by atoms with van der Waals surface area (Å²) in [7, 11) is 0. The minimum Gasteiger partial charge on any atom is -0.363 e. The standard InChI is InChI=1S/C25H27N5/c1-17(2)20-8-3-4-9-21(20)24-28-22-12-14-30(16-18-10-11-18)23(22)25(29-24)27-15-19-7-5-6-13-26-19/h3-9,12-14,17-18H,10-11,15-16H2,1-2H3,(H,27,28,29). The summed E-state index contributed by atoms with van der Waals surface area (Å²) in [5, 5.41) is 3.55. The van der Waals surface area contributed by atoms with E-state index in [-0.39, 0.29) is 0 Å². The molecule has 1 N–H and O–H groups in total. The number of nitrogens with one attached hydrogen (secondary N) is 1. The summed E-state index contributed by atoms with van der Waals surface area (Å²) in [6, 6.07) is 16.6. The van der Waals surface area contributed by atoms with Gasteiger partial charge in [0, 0.05) is 24.5 Å². The third kappa shape index (κ3) is 3.80. The molecule has 5 nitrogen and oxygen atoms in total. The fourth-order valence-corrected chi connectivity index (χ4v) is 3.96. The molecular weight excluding hydrogens is 370 g/mol. The van der Waals surface area contributed by atoms with Gasteiger partial charge in [-0.3, -0.25) is 4.98 Å². The van der Waals surface area contributed by atoms with Crippen LogP contribution in [0.15, 0.2) is 60.9 Å². The molecule has 0 spiro atoms. The molecule has 1 fully saturated rings. The van der Waals surface area contributed by atoms with Crippen LogP contribution in [0.25, 0.3) is 22.4 Å². The normalized spacial score (nSPS) is 13.8. The van der Waals surface area contributed by atoms with E-state index in [4.69, 9.17) is 9.97 Å². The number of hydrogen-bond donors (Lipinski definition) is 1. The molecule has 0 unspecified atom stereocenters. The maximum Gasteiger partial charge on any atom is 0.162 e. The monoisotopic (exact) mass is 397 g/mol. The Bertz CT molecular complexity index is 1160. The summed E-state index contributed by atoms with van der Waals surface area (Å²) in [6.45, 7) is 6.09. The summed E-state index contributed by atoms with van der Waals surface area (Å²) in [6.07, 6.45) is 6.61. The smallest absolute Gasteiger partial charge is 0.162 e. The van der Waals surface area contributed by atoms with Gasteiger partial charge in [-0.25, -0.2) is 9.97 Å². The van der Waals surface area contributed by atoms with Crippen molar-refractivity contribution in [3.8, 4) is 11.4 Å². The summed E-state index contributed by atoms with van der Waals surface area (Å²) < 4.78 is 2.31. The van der Waals surface area contributed by atoms with Gasteiger partial charge in [-0.15, -0.1) is 0 Å². The first-order chi connectivity index (χ1) is 14.7. The van der Waals surface area contributed by atoms with Crippen LogP contribution in [-0.4, -0.2) is 19.5 Å². The lowest BCUT2D eigenvalue weighted by atomic mass is 9.97. The van der Waals surface area contributed by atoms with Crippen molar-refractivity contribution < 1.29 is 0 Å². The first-order valence-corrected chi connectivity index (χ1v) is 10.8. The Morgan fingerprint density at radius 3 is 2.63 bits per heavy atom. The van der Waals surface area contributed by atoms with Crippen LogP contribution in [-0.2, 0) is 13.1 Å². The van der Waals surface area contributed by atoms with Gasteiger partial charge in [0.25, 0.3) is 0 Å². The number of benzene rings is 1. The molecule has 4 aromatic rings. The molecule has 5 rings (SSSR count). The third-order valence-corrected chi connectivity index (χ3v) is 5.75. The second-order valence-corrected chi connectivity index (χ2v) is 8.46. The van der Waals surface area contributed by atoms with Crippen LogP contribution in [0.1, 0.15) is 43.9 Å². The van der Waals surface area contributed by atoms with Gasteiger partial charge in [-0.1, -0.05) is 44.2 Å². The Hall–Kier alpha value is -3.21. The van der Waals surface area contributed by atoms with Crippen molar-refractivity contribution in [1.82, 2.24) is 19.5 Å². The fourth-order valence-electron chi connectivity index (χ4n) is 3.96. The lowest BCUT2D eigenvalue weighted by molar-refractivity contribution is 0.647. The zero-order valence-corrected chi connectivity index (χ0v) is 17.5. The van der Waals surface area contributed by atoms with Crippen molar-refractivity contribution in [2.75, 3.05) is 5.32 Å². The van der Waals surface area contributed by atoms with Gasteiger partial charge in [0.1, 0.15) is 5.52 Å². The lowest BCUT2D eigenvalue weighted by Crippen LogP contribution is -2.08. The molecule has 1 aliphatic rings. The van der Waals surface area contributed by atoms with E-state index in [1.54, 1.807) is 0 Å². The van der Waals surface area contributed by atoms with Crippen LogP contribution in [0.3, 0.4) is 0 Å². The maximum atomic E-state index is 5.02. The highest BCUT2D eigenvalue weighted by Gasteiger charge is 2.24. The molecule has 0 amide bonds. The van der Waals surface area contributed by atoms with Crippen molar-refractivity contribution in [2.45, 2.75) is 45.7 Å². The number of aromatic nitrogens is 4. The zero-order chi connectivity index (χ0) is 20.5. The van der Waals surface area contributed by atoms with Crippen molar-refractivity contribution in [3.05, 3.63) is 72.2 Å². The largest absolute Gasteiger partial charge is 0.363 e. The number of fused-ring (bicyclic) bond motifs is 1. The zero-order valence-electron chi connectivity index (χ0n) is 17.5. The minimum atomic E-state index is 0.407. The average molecular weight is 398 g/mol. The molecular formula is C25H27N5. The van der Waals surface area contributed by atoms with Crippen molar-refractivity contribution >= 4 is 16.9 Å². The molecule has 3 heterocycles. The molecule has 0 radical (unpaired) electrons. The van der Waals surface area contributed by atoms with Crippen LogP contribution in [0.5, 0.6) is 0 Å². The van der Waals surface area contributed by atoms with Crippen LogP contribution in [0.2, 0.25) is 0 Å². The van der Waals surface area contributed by atoms with Crippen LogP contribution in [0, 0.1) is 5.92 Å². The number of rotatable bonds is 7. The van der Waals surface area contributed by atoms with Crippen molar-refractivity contribution in [2.24, 2.45) is 5.92 Å². The predicted molar refractivity (Wildman–Crippen MR) is 121 cm³/mol. The summed E-state index contributed by atoms with van der Waals surface area (Å²) in [5.74, 6) is 2.85. The van der Waals surface area contributed by atoms with E-state index in [0.717, 1.165) is 46.4 Å². The number of hydrogen-bond acceptors (Lipinski definition) is 4. The predicted octanol–water partition coefficient (Wildman–Crippen LogP) is 5.64. The Morgan fingerprint density at radius 2 is 1.87 bits per heavy atom. The van der Waals surface area contributed by atoms with E-state index in [1.165, 1.54) is 18.4 Å². The van der Waals surface area contributed by atoms with Crippen molar-refractivity contribution in [3.63, 3.8) is 0 Å². The van der Waals surface area contributed by atoms with Crippen LogP contribution >= 0.6 is 0 Å². The summed E-state index contributed by atoms with van der Waals surface area (Å²) in [4.78, 5) is 14.4. The van der Waals surface area contributed by atoms with Gasteiger partial charge in [0.05, 0.1) is 17.8 Å². The number of anilines is 1. The topological polar surface area (TPSA) is 55.6 Å². The van der Waals surface area contributed by atoms with Crippen LogP contribution in [0.4, 0.5) is 5.82 Å². The van der Waals surface area contributed by atoms with E-state index in [1.807, 2.05) is 24.4 Å². The molecule has 30 heavy (non-hydrogen) atoms. The molecule has 0 atom stereocenters. The number of nitrogens with zero attached hydrogens (tertiary/aromatic N) is 4. The lowest BCUT2D eigenvalue weighted by Gasteiger charge is -2.15. The van der Waals surface area contributed by atoms with Gasteiger partial charge in [-0.05, 0) is 48.4 Å². The summed E-state index contributed by atoms with van der Waals surface area (Å²) in [5.41, 5.74) is 5.44. The third-order valence-electron chi connectivity index (χ3n) is 5.75.